The van der Waals surface area contributed by atoms with Crippen molar-refractivity contribution in [2.45, 2.75) is 130 Å². The van der Waals surface area contributed by atoms with Gasteiger partial charge in [0.2, 0.25) is 0 Å². The van der Waals surface area contributed by atoms with Gasteiger partial charge in [-0.15, -0.1) is 6.58 Å². The van der Waals surface area contributed by atoms with Gasteiger partial charge < -0.3 is 37.7 Å². The minimum atomic E-state index is -0.564. The highest BCUT2D eigenvalue weighted by Gasteiger charge is 2.20. The summed E-state index contributed by atoms with van der Waals surface area (Å²) in [6, 6.07) is 65.8. The number of hydrogen-bond acceptors (Lipinski definition) is 16. The molecule has 12 aromatic rings. The molecule has 24 heteroatoms. The summed E-state index contributed by atoms with van der Waals surface area (Å²) in [5, 5.41) is 34.6. The van der Waals surface area contributed by atoms with Crippen molar-refractivity contribution >= 4 is 92.1 Å². The van der Waals surface area contributed by atoms with E-state index in [-0.39, 0.29) is 6.10 Å². The first kappa shape index (κ1) is 88.7. The van der Waals surface area contributed by atoms with E-state index in [0.717, 1.165) is 219 Å². The summed E-state index contributed by atoms with van der Waals surface area (Å²) in [6.07, 6.45) is 26.9. The number of benzene rings is 8. The fourth-order valence-corrected chi connectivity index (χ4v) is 15.0. The summed E-state index contributed by atoms with van der Waals surface area (Å²) in [5.41, 5.74) is 23.1. The van der Waals surface area contributed by atoms with Crippen molar-refractivity contribution in [3.05, 3.63) is 299 Å². The van der Waals surface area contributed by atoms with Crippen LogP contribution < -0.4 is 21.9 Å². The number of ether oxygens (including phenoxy) is 1. The number of amides is 4. The molecule has 0 radical (unpaired) electrons. The van der Waals surface area contributed by atoms with Gasteiger partial charge in [0.15, 0.2) is 0 Å². The maximum atomic E-state index is 11.3. The molecule has 24 nitrogen and oxygen atoms in total. The second kappa shape index (κ2) is 46.9. The Hall–Kier alpha value is -12.1. The lowest BCUT2D eigenvalue weighted by atomic mass is 10.1. The van der Waals surface area contributed by atoms with Crippen LogP contribution in [-0.2, 0) is 101 Å². The molecule has 0 atom stereocenters. The topological polar surface area (TPSA) is 288 Å². The molecule has 4 aromatic heterocycles. The molecule has 0 saturated carbocycles. The zero-order valence-corrected chi connectivity index (χ0v) is 69.1. The van der Waals surface area contributed by atoms with Crippen LogP contribution in [0.5, 0.6) is 0 Å². The fourth-order valence-electron chi connectivity index (χ4n) is 15.0. The maximum Gasteiger partial charge on any atom is 0.267 e. The van der Waals surface area contributed by atoms with E-state index in [9.17, 15) is 19.2 Å². The highest BCUT2D eigenvalue weighted by Crippen LogP contribution is 2.27. The number of piperazine rings is 1. The average Bonchev–Trinajstić information content (AvgIpc) is 1.66. The van der Waals surface area contributed by atoms with Crippen LogP contribution in [0.2, 0.25) is 0 Å². The quantitative estimate of drug-likeness (QED) is 0.00602. The van der Waals surface area contributed by atoms with Crippen LogP contribution in [0.1, 0.15) is 114 Å². The minimum absolute atomic E-state index is 0.229. The molecule has 6 heterocycles. The molecule has 2 fully saturated rings. The van der Waals surface area contributed by atoms with Gasteiger partial charge in [-0.05, 0) is 222 Å². The van der Waals surface area contributed by atoms with Crippen LogP contribution in [0.25, 0.3) is 68.4 Å². The third-order valence-electron chi connectivity index (χ3n) is 21.3. The Labute approximate surface area is 702 Å². The largest absolute Gasteiger partial charge is 0.379 e. The number of likely N-dealkylation sites (N-methyl/N-ethyl adjacent to an activating group) is 1. The molecule has 4 amide bonds. The van der Waals surface area contributed by atoms with E-state index in [1.807, 2.05) is 117 Å². The number of nitrogens with zero attached hydrogens (tertiary/aromatic N) is 11. The smallest absolute Gasteiger partial charge is 0.267 e. The molecule has 0 aliphatic carbocycles. The zero-order chi connectivity index (χ0) is 84.2. The summed E-state index contributed by atoms with van der Waals surface area (Å²) in [7, 11) is 2.19. The Morgan fingerprint density at radius 2 is 0.675 bits per heavy atom. The number of allylic oxidation sites excluding steroid dienone is 1. The number of aromatic nitrogens is 8. The molecular weight excluding hydrogens is 1510 g/mol. The van der Waals surface area contributed by atoms with Gasteiger partial charge in [0, 0.05) is 109 Å². The van der Waals surface area contributed by atoms with E-state index < -0.39 is 23.6 Å². The number of likely N-dealkylation sites (tertiary alicyclic amines) is 1. The highest BCUT2D eigenvalue weighted by atomic mass is 16.5. The van der Waals surface area contributed by atoms with Gasteiger partial charge in [0.1, 0.15) is 23.3 Å². The summed E-state index contributed by atoms with van der Waals surface area (Å²) in [4.78, 5) is 72.1. The Kier molecular flexibility index (Phi) is 34.7. The first-order chi connectivity index (χ1) is 58.6. The molecule has 120 heavy (non-hydrogen) atoms. The standard InChI is InChI=1S/C26H33N5O2.C25H30N4O2.C24H29N3O3.C21H21N3O2/c1-29-16-18-30(19-17-29)14-5-15-31-24-11-8-22(10-13-26(32)28-33)20-23(24)27-25(31)12-9-21-6-3-2-4-7-21;30-25(27-31)14-11-21-9-12-23-22(19-21)26-24(13-10-20-7-2-1-3-8-20)29(23)18-6-17-28-15-4-5-16-28;1-18(2)30-16-6-15-27-22-12-9-20(11-14-24(28)26-29)17-21(22)25-23(27)13-10-19-7-4-3-5-8-19;1-2-14-24-19-11-8-17(10-13-21(25)23-26)15-18(19)22-20(24)12-9-16-6-4-3-5-7-16/h2-4,6-8,10-11,13,20,33H,5,9,12,14-19H2,1H3,(H,28,32);1-3,7-9,11-12,14,19,31H,4-6,10,13,15-18H2,(H,27,30);3-5,7-9,11-12,14,17-18,29H,6,10,13,15-16H2,1-2H3,(H,26,28);2-8,10-11,13,15,26H,1,9,12,14H2,(H,23,25)/b13-10+;2*14-11+;13-10+. The van der Waals surface area contributed by atoms with Crippen LogP contribution >= 0.6 is 0 Å². The van der Waals surface area contributed by atoms with Gasteiger partial charge in [-0.25, -0.2) is 41.9 Å². The number of aryl methyl sites for hydroxylation is 11. The lowest BCUT2D eigenvalue weighted by molar-refractivity contribution is -0.124. The van der Waals surface area contributed by atoms with Gasteiger partial charge in [0.05, 0.1) is 50.2 Å². The molecule has 626 valence electrons. The number of rotatable bonds is 35. The summed E-state index contributed by atoms with van der Waals surface area (Å²) >= 11 is 0. The Bertz CT molecular complexity index is 5390. The van der Waals surface area contributed by atoms with Crippen molar-refractivity contribution in [3.63, 3.8) is 0 Å². The molecule has 8 N–H and O–H groups in total. The van der Waals surface area contributed by atoms with Gasteiger partial charge >= 0.3 is 0 Å². The van der Waals surface area contributed by atoms with E-state index in [4.69, 9.17) is 45.5 Å². The zero-order valence-electron chi connectivity index (χ0n) is 69.1. The van der Waals surface area contributed by atoms with Gasteiger partial charge in [0.25, 0.3) is 23.6 Å². The summed E-state index contributed by atoms with van der Waals surface area (Å²) in [5.74, 6) is 2.05. The van der Waals surface area contributed by atoms with Crippen molar-refractivity contribution in [1.82, 2.24) is 74.8 Å². The third kappa shape index (κ3) is 27.2. The summed E-state index contributed by atoms with van der Waals surface area (Å²) in [6.45, 7) is 21.3. The van der Waals surface area contributed by atoms with E-state index in [0.29, 0.717) is 13.2 Å². The second-order valence-corrected chi connectivity index (χ2v) is 30.3. The molecule has 14 rings (SSSR count). The number of carbonyl (C=O) groups is 4. The fraction of sp³-hybridized carbons (Fsp3) is 0.312. The SMILES string of the molecule is C=CCn1c(CCc2ccccc2)nc2cc(/C=C/C(=O)NO)ccc21.CC(C)OCCCn1c(CCc2ccccc2)nc2cc(/C=C/C(=O)NO)ccc21.CN1CCN(CCCn2c(CCc3ccccc3)nc3cc(/C=C/C(=O)NO)ccc32)CC1.O=C(/C=C/c1ccc2c(c1)nc(CCc1ccccc1)n2CCCN1CCCC1)NO. The average molecular weight is 1620 g/mol. The predicted octanol–water partition coefficient (Wildman–Crippen LogP) is 14.5. The molecular formula is C96H113N15O9. The van der Waals surface area contributed by atoms with Crippen LogP contribution in [-0.4, -0.2) is 169 Å². The van der Waals surface area contributed by atoms with E-state index >= 15 is 0 Å². The predicted molar refractivity (Wildman–Crippen MR) is 475 cm³/mol. The van der Waals surface area contributed by atoms with Crippen molar-refractivity contribution < 1.29 is 44.7 Å². The van der Waals surface area contributed by atoms with Crippen molar-refractivity contribution in [1.29, 1.82) is 0 Å². The van der Waals surface area contributed by atoms with Crippen molar-refractivity contribution in [2.24, 2.45) is 0 Å². The van der Waals surface area contributed by atoms with E-state index in [1.165, 1.54) is 72.5 Å². The van der Waals surface area contributed by atoms with Crippen LogP contribution in [0.15, 0.2) is 231 Å². The maximum absolute atomic E-state index is 11.3. The third-order valence-corrected chi connectivity index (χ3v) is 21.3. The van der Waals surface area contributed by atoms with Crippen LogP contribution in [0.3, 0.4) is 0 Å². The molecule has 2 aliphatic rings. The van der Waals surface area contributed by atoms with Crippen molar-refractivity contribution in [3.8, 4) is 0 Å². The number of hydrogen-bond donors (Lipinski definition) is 8. The van der Waals surface area contributed by atoms with E-state index in [1.54, 1.807) is 46.2 Å². The Balaban J connectivity index is 0.000000157. The normalized spacial score (nSPS) is 13.3. The number of carbonyl (C=O) groups excluding carboxylic acids is 4. The Morgan fingerprint density at radius 1 is 0.383 bits per heavy atom. The second-order valence-electron chi connectivity index (χ2n) is 30.3. The Morgan fingerprint density at radius 3 is 0.975 bits per heavy atom. The molecule has 0 bridgehead atoms. The minimum Gasteiger partial charge on any atom is -0.379 e. The van der Waals surface area contributed by atoms with Gasteiger partial charge in [-0.2, -0.15) is 0 Å². The molecule has 2 saturated heterocycles. The van der Waals surface area contributed by atoms with Crippen LogP contribution in [0.4, 0.5) is 0 Å². The van der Waals surface area contributed by atoms with Crippen LogP contribution in [0, 0.1) is 0 Å². The first-order valence-electron chi connectivity index (χ1n) is 41.6. The number of fused-ring (bicyclic) bond motifs is 4. The number of nitrogens with one attached hydrogen (secondary N) is 4. The number of hydroxylamine groups is 4. The molecule has 0 spiro atoms. The monoisotopic (exact) mass is 1620 g/mol. The van der Waals surface area contributed by atoms with Crippen molar-refractivity contribution in [2.75, 3.05) is 66.0 Å². The number of imidazole rings is 4. The first-order valence-corrected chi connectivity index (χ1v) is 41.6. The molecule has 2 aliphatic heterocycles. The lowest BCUT2D eigenvalue weighted by Crippen LogP contribution is -2.44. The summed E-state index contributed by atoms with van der Waals surface area (Å²) < 4.78 is 14.9. The molecule has 0 unspecified atom stereocenters. The lowest BCUT2D eigenvalue weighted by Gasteiger charge is -2.32. The van der Waals surface area contributed by atoms with E-state index in [2.05, 4.69) is 144 Å². The van der Waals surface area contributed by atoms with Gasteiger partial charge in [-0.1, -0.05) is 152 Å². The van der Waals surface area contributed by atoms with Gasteiger partial charge in [-0.3, -0.25) is 40.0 Å². The highest BCUT2D eigenvalue weighted by molar-refractivity contribution is 5.94. The molecule has 8 aromatic carbocycles.